The Hall–Kier alpha value is -3.04. The molecule has 0 saturated heterocycles. The molecule has 0 amide bonds. The monoisotopic (exact) mass is 474 g/mol. The molecular formula is C32H28P2. The van der Waals surface area contributed by atoms with Gasteiger partial charge in [-0.1, -0.05) is 153 Å². The largest absolute Gasteiger partial charge is 0.0622 e. The van der Waals surface area contributed by atoms with Gasteiger partial charge in [-0.05, 0) is 47.9 Å². The first-order valence-electron chi connectivity index (χ1n) is 11.7. The van der Waals surface area contributed by atoms with Gasteiger partial charge in [-0.2, -0.15) is 0 Å². The highest BCUT2D eigenvalue weighted by atomic mass is 31.1. The summed E-state index contributed by atoms with van der Waals surface area (Å²) in [7, 11) is -1.21. The molecule has 0 unspecified atom stereocenters. The summed E-state index contributed by atoms with van der Waals surface area (Å²) in [4.78, 5) is 0. The average Bonchev–Trinajstić information content (AvgIpc) is 2.92. The Balaban J connectivity index is 1.67. The van der Waals surface area contributed by atoms with Gasteiger partial charge in [0.25, 0.3) is 0 Å². The Labute approximate surface area is 205 Å². The van der Waals surface area contributed by atoms with Crippen LogP contribution in [0.4, 0.5) is 0 Å². The third-order valence-corrected chi connectivity index (χ3v) is 11.4. The predicted molar refractivity (Wildman–Crippen MR) is 153 cm³/mol. The Morgan fingerprint density at radius 2 is 0.765 bits per heavy atom. The molecule has 0 aliphatic heterocycles. The normalized spacial score (nSPS) is 12.1. The van der Waals surface area contributed by atoms with Crippen LogP contribution in [0.15, 0.2) is 146 Å². The van der Waals surface area contributed by atoms with Crippen LogP contribution in [-0.4, -0.2) is 0 Å². The van der Waals surface area contributed by atoms with Crippen molar-refractivity contribution in [2.45, 2.75) is 12.6 Å². The molecule has 0 N–H and O–H groups in total. The zero-order valence-electron chi connectivity index (χ0n) is 19.3. The van der Waals surface area contributed by atoms with Gasteiger partial charge in [-0.3, -0.25) is 0 Å². The molecule has 0 nitrogen and oxygen atoms in total. The van der Waals surface area contributed by atoms with Gasteiger partial charge in [0.1, 0.15) is 0 Å². The smallest absolute Gasteiger partial charge is 0.0100 e. The minimum Gasteiger partial charge on any atom is -0.0622 e. The number of hydrogen-bond acceptors (Lipinski definition) is 0. The molecule has 0 aromatic heterocycles. The Bertz CT molecular complexity index is 1220. The van der Waals surface area contributed by atoms with Crippen LogP contribution in [0, 0.1) is 0 Å². The molecule has 2 heteroatoms. The molecule has 1 atom stereocenters. The molecule has 0 spiro atoms. The lowest BCUT2D eigenvalue weighted by Crippen LogP contribution is -2.25. The summed E-state index contributed by atoms with van der Waals surface area (Å²) in [5.74, 6) is 0. The SMILES string of the molecule is C[C@@H](c1ccccc1P(c1ccccc1)c1ccccc1)P(c1ccccc1)c1ccccc1. The lowest BCUT2D eigenvalue weighted by Gasteiger charge is -2.30. The van der Waals surface area contributed by atoms with E-state index in [4.69, 9.17) is 0 Å². The fourth-order valence-electron chi connectivity index (χ4n) is 4.54. The maximum Gasteiger partial charge on any atom is 0.0100 e. The second-order valence-corrected chi connectivity index (χ2v) is 13.0. The fourth-order valence-corrected chi connectivity index (χ4v) is 9.88. The molecule has 166 valence electrons. The van der Waals surface area contributed by atoms with E-state index >= 15 is 0 Å². The molecule has 0 heterocycles. The van der Waals surface area contributed by atoms with E-state index in [1.165, 1.54) is 32.1 Å². The first-order chi connectivity index (χ1) is 16.8. The van der Waals surface area contributed by atoms with Crippen LogP contribution in [0.3, 0.4) is 0 Å². The van der Waals surface area contributed by atoms with Gasteiger partial charge in [0, 0.05) is 5.66 Å². The van der Waals surface area contributed by atoms with Gasteiger partial charge in [-0.25, -0.2) is 0 Å². The molecule has 0 aliphatic rings. The van der Waals surface area contributed by atoms with Crippen molar-refractivity contribution in [2.24, 2.45) is 0 Å². The van der Waals surface area contributed by atoms with E-state index in [0.717, 1.165) is 0 Å². The third-order valence-electron chi connectivity index (χ3n) is 6.11. The van der Waals surface area contributed by atoms with Gasteiger partial charge in [0.15, 0.2) is 0 Å². The van der Waals surface area contributed by atoms with Gasteiger partial charge >= 0.3 is 0 Å². The summed E-state index contributed by atoms with van der Waals surface area (Å²) in [5.41, 5.74) is 1.84. The van der Waals surface area contributed by atoms with Gasteiger partial charge in [0.2, 0.25) is 0 Å². The second-order valence-electron chi connectivity index (χ2n) is 8.28. The molecule has 0 saturated carbocycles. The summed E-state index contributed by atoms with van der Waals surface area (Å²) in [6.07, 6.45) is 0. The Morgan fingerprint density at radius 3 is 1.21 bits per heavy atom. The fraction of sp³-hybridized carbons (Fsp3) is 0.0625. The Kier molecular flexibility index (Phi) is 7.31. The van der Waals surface area contributed by atoms with Crippen molar-refractivity contribution in [1.29, 1.82) is 0 Å². The molecule has 0 radical (unpaired) electrons. The highest BCUT2D eigenvalue weighted by Gasteiger charge is 2.27. The summed E-state index contributed by atoms with van der Waals surface area (Å²) in [6, 6.07) is 53.3. The first kappa shape index (κ1) is 22.7. The lowest BCUT2D eigenvalue weighted by atomic mass is 10.2. The van der Waals surface area contributed by atoms with Crippen molar-refractivity contribution >= 4 is 42.4 Å². The molecule has 0 fully saturated rings. The van der Waals surface area contributed by atoms with E-state index in [9.17, 15) is 0 Å². The minimum absolute atomic E-state index is 0.383. The summed E-state index contributed by atoms with van der Waals surface area (Å²) < 4.78 is 0. The summed E-state index contributed by atoms with van der Waals surface area (Å²) in [6.45, 7) is 2.42. The second kappa shape index (κ2) is 10.9. The zero-order valence-corrected chi connectivity index (χ0v) is 21.1. The lowest BCUT2D eigenvalue weighted by molar-refractivity contribution is 1.10. The topological polar surface area (TPSA) is 0 Å². The highest BCUT2D eigenvalue weighted by Crippen LogP contribution is 2.50. The van der Waals surface area contributed by atoms with Crippen molar-refractivity contribution in [3.63, 3.8) is 0 Å². The predicted octanol–water partition coefficient (Wildman–Crippen LogP) is 6.64. The van der Waals surface area contributed by atoms with E-state index in [1.54, 1.807) is 0 Å². The summed E-state index contributed by atoms with van der Waals surface area (Å²) >= 11 is 0. The number of hydrogen-bond donors (Lipinski definition) is 0. The zero-order chi connectivity index (χ0) is 23.2. The van der Waals surface area contributed by atoms with E-state index in [1.807, 2.05) is 0 Å². The molecule has 5 rings (SSSR count). The molecule has 5 aromatic carbocycles. The maximum absolute atomic E-state index is 2.42. The maximum atomic E-state index is 2.42. The number of rotatable bonds is 7. The van der Waals surface area contributed by atoms with Crippen molar-refractivity contribution in [2.75, 3.05) is 0 Å². The standard InChI is InChI=1S/C32H28P2/c1-26(33(27-16-6-2-7-17-27)28-18-8-3-9-19-28)31-24-14-15-25-32(31)34(29-20-10-4-11-21-29)30-22-12-5-13-23-30/h2-26H,1H3/t26-/m0/s1. The van der Waals surface area contributed by atoms with Crippen molar-refractivity contribution in [1.82, 2.24) is 0 Å². The van der Waals surface area contributed by atoms with Crippen molar-refractivity contribution in [3.05, 3.63) is 151 Å². The van der Waals surface area contributed by atoms with Crippen LogP contribution in [0.25, 0.3) is 0 Å². The van der Waals surface area contributed by atoms with E-state index < -0.39 is 15.8 Å². The van der Waals surface area contributed by atoms with Crippen LogP contribution >= 0.6 is 15.8 Å². The molecule has 0 aliphatic carbocycles. The highest BCUT2D eigenvalue weighted by molar-refractivity contribution is 7.80. The van der Waals surface area contributed by atoms with Gasteiger partial charge < -0.3 is 0 Å². The molecule has 34 heavy (non-hydrogen) atoms. The third kappa shape index (κ3) is 4.90. The van der Waals surface area contributed by atoms with Crippen LogP contribution in [-0.2, 0) is 0 Å². The van der Waals surface area contributed by atoms with E-state index in [2.05, 4.69) is 153 Å². The molecule has 0 bridgehead atoms. The quantitative estimate of drug-likeness (QED) is 0.232. The van der Waals surface area contributed by atoms with Crippen LogP contribution in [0.1, 0.15) is 18.1 Å². The number of benzene rings is 5. The van der Waals surface area contributed by atoms with Crippen LogP contribution in [0.5, 0.6) is 0 Å². The van der Waals surface area contributed by atoms with Crippen molar-refractivity contribution < 1.29 is 0 Å². The van der Waals surface area contributed by atoms with Crippen molar-refractivity contribution in [3.8, 4) is 0 Å². The van der Waals surface area contributed by atoms with E-state index in [-0.39, 0.29) is 0 Å². The molecular weight excluding hydrogens is 446 g/mol. The molecule has 5 aromatic rings. The van der Waals surface area contributed by atoms with Crippen LogP contribution in [0.2, 0.25) is 0 Å². The minimum atomic E-state index is -0.651. The average molecular weight is 475 g/mol. The summed E-state index contributed by atoms with van der Waals surface area (Å²) in [5, 5.41) is 7.10. The Morgan fingerprint density at radius 1 is 0.412 bits per heavy atom. The van der Waals surface area contributed by atoms with Crippen LogP contribution < -0.4 is 26.5 Å². The first-order valence-corrected chi connectivity index (χ1v) is 14.5. The van der Waals surface area contributed by atoms with Gasteiger partial charge in [-0.15, -0.1) is 0 Å². The van der Waals surface area contributed by atoms with E-state index in [0.29, 0.717) is 5.66 Å². The van der Waals surface area contributed by atoms with Gasteiger partial charge in [0.05, 0.1) is 0 Å².